The number of nitrogens with one attached hydrogen (secondary N) is 1. The topological polar surface area (TPSA) is 112 Å². The van der Waals surface area contributed by atoms with Gasteiger partial charge in [-0.25, -0.2) is 4.98 Å². The third kappa shape index (κ3) is 6.12. The van der Waals surface area contributed by atoms with Crippen LogP contribution in [0.15, 0.2) is 42.6 Å². The highest BCUT2D eigenvalue weighted by molar-refractivity contribution is 5.98. The predicted molar refractivity (Wildman–Crippen MR) is 119 cm³/mol. The number of likely N-dealkylation sites (N-methyl/N-ethyl adjacent to an activating group) is 1. The summed E-state index contributed by atoms with van der Waals surface area (Å²) in [6.45, 7) is 3.26. The number of rotatable bonds is 6. The summed E-state index contributed by atoms with van der Waals surface area (Å²) in [4.78, 5) is 32.9. The van der Waals surface area contributed by atoms with Gasteiger partial charge in [-0.2, -0.15) is 0 Å². The lowest BCUT2D eigenvalue weighted by molar-refractivity contribution is -0.123. The minimum absolute atomic E-state index is 0.0731. The molecule has 1 aromatic carbocycles. The Morgan fingerprint density at radius 1 is 1.10 bits per heavy atom. The van der Waals surface area contributed by atoms with Crippen molar-refractivity contribution in [2.75, 3.05) is 51.3 Å². The molecular formula is C23H27N5O3. The van der Waals surface area contributed by atoms with E-state index < -0.39 is 24.3 Å². The van der Waals surface area contributed by atoms with E-state index in [2.05, 4.69) is 39.0 Å². The molecule has 0 radical (unpaired) electrons. The Labute approximate surface area is 182 Å². The molecule has 162 valence electrons. The molecule has 4 N–H and O–H groups in total. The highest BCUT2D eigenvalue weighted by atomic mass is 16.3. The summed E-state index contributed by atoms with van der Waals surface area (Å²) in [5, 5.41) is 11.4. The Morgan fingerprint density at radius 2 is 1.74 bits per heavy atom. The van der Waals surface area contributed by atoms with Crippen molar-refractivity contribution >= 4 is 17.5 Å². The first-order valence-electron chi connectivity index (χ1n) is 10.2. The smallest absolute Gasteiger partial charge is 0.251 e. The fourth-order valence-electron chi connectivity index (χ4n) is 3.15. The zero-order valence-electron chi connectivity index (χ0n) is 17.5. The molecule has 2 heterocycles. The van der Waals surface area contributed by atoms with Gasteiger partial charge in [-0.15, -0.1) is 0 Å². The van der Waals surface area contributed by atoms with Gasteiger partial charge in [-0.1, -0.05) is 11.8 Å². The largest absolute Gasteiger partial charge is 0.388 e. The van der Waals surface area contributed by atoms with Crippen LogP contribution in [-0.2, 0) is 4.79 Å². The maximum atomic E-state index is 12.3. The number of piperazine rings is 1. The SMILES string of the molecule is CN1CCN(c2ccc(C#Cc3ccc(C(=O)N[C@@H](CN)C(=O)CO)cc3)cn2)CC1. The third-order valence-corrected chi connectivity index (χ3v) is 5.16. The second kappa shape index (κ2) is 10.7. The van der Waals surface area contributed by atoms with Gasteiger partial charge in [0.15, 0.2) is 5.78 Å². The van der Waals surface area contributed by atoms with Crippen molar-refractivity contribution in [3.8, 4) is 11.8 Å². The van der Waals surface area contributed by atoms with Gasteiger partial charge in [0.25, 0.3) is 5.91 Å². The van der Waals surface area contributed by atoms with Gasteiger partial charge in [-0.3, -0.25) is 9.59 Å². The van der Waals surface area contributed by atoms with E-state index in [0.717, 1.165) is 43.1 Å². The van der Waals surface area contributed by atoms with Crippen molar-refractivity contribution in [2.45, 2.75) is 6.04 Å². The van der Waals surface area contributed by atoms with E-state index in [0.29, 0.717) is 5.56 Å². The number of hydrogen-bond donors (Lipinski definition) is 3. The van der Waals surface area contributed by atoms with Gasteiger partial charge in [0, 0.05) is 55.6 Å². The molecule has 2 aromatic rings. The van der Waals surface area contributed by atoms with Crippen molar-refractivity contribution in [3.05, 3.63) is 59.3 Å². The van der Waals surface area contributed by atoms with Crippen molar-refractivity contribution < 1.29 is 14.7 Å². The summed E-state index contributed by atoms with van der Waals surface area (Å²) in [7, 11) is 2.12. The lowest BCUT2D eigenvalue weighted by Gasteiger charge is -2.33. The first kappa shape index (κ1) is 22.4. The maximum Gasteiger partial charge on any atom is 0.251 e. The van der Waals surface area contributed by atoms with Gasteiger partial charge >= 0.3 is 0 Å². The Kier molecular flexibility index (Phi) is 7.73. The van der Waals surface area contributed by atoms with Crippen LogP contribution in [0.4, 0.5) is 5.82 Å². The number of aromatic nitrogens is 1. The van der Waals surface area contributed by atoms with Crippen LogP contribution in [0.3, 0.4) is 0 Å². The van der Waals surface area contributed by atoms with Crippen molar-refractivity contribution in [1.29, 1.82) is 0 Å². The first-order chi connectivity index (χ1) is 15.0. The Morgan fingerprint density at radius 3 is 2.32 bits per heavy atom. The number of carbonyl (C=O) groups excluding carboxylic acids is 2. The second-order valence-corrected chi connectivity index (χ2v) is 7.41. The van der Waals surface area contributed by atoms with Crippen LogP contribution in [-0.4, -0.2) is 79.1 Å². The average molecular weight is 422 g/mol. The molecule has 1 atom stereocenters. The lowest BCUT2D eigenvalue weighted by Crippen LogP contribution is -2.46. The molecule has 0 aliphatic carbocycles. The Balaban J connectivity index is 1.60. The van der Waals surface area contributed by atoms with Gasteiger partial charge in [0.2, 0.25) is 0 Å². The molecule has 1 fully saturated rings. The van der Waals surface area contributed by atoms with E-state index in [1.54, 1.807) is 30.5 Å². The van der Waals surface area contributed by atoms with Crippen LogP contribution >= 0.6 is 0 Å². The summed E-state index contributed by atoms with van der Waals surface area (Å²) < 4.78 is 0. The molecular weight excluding hydrogens is 394 g/mol. The van der Waals surface area contributed by atoms with Gasteiger partial charge < -0.3 is 26.0 Å². The standard InChI is InChI=1S/C23H27N5O3/c1-27-10-12-28(13-11-27)22-9-6-18(15-25-22)3-2-17-4-7-19(8-5-17)23(31)26-20(14-24)21(30)16-29/h4-9,15,20,29H,10-14,16,24H2,1H3,(H,26,31)/t20-/m0/s1. The Bertz CT molecular complexity index is 955. The molecule has 3 rings (SSSR count). The van der Waals surface area contributed by atoms with Crippen molar-refractivity contribution in [1.82, 2.24) is 15.2 Å². The van der Waals surface area contributed by atoms with Crippen LogP contribution in [0, 0.1) is 11.8 Å². The number of aliphatic hydroxyl groups excluding tert-OH is 1. The molecule has 1 amide bonds. The van der Waals surface area contributed by atoms with Gasteiger partial charge in [0.05, 0.1) is 0 Å². The lowest BCUT2D eigenvalue weighted by atomic mass is 10.1. The fourth-order valence-corrected chi connectivity index (χ4v) is 3.15. The fraction of sp³-hybridized carbons (Fsp3) is 0.348. The van der Waals surface area contributed by atoms with Crippen LogP contribution in [0.5, 0.6) is 0 Å². The number of nitrogens with zero attached hydrogens (tertiary/aromatic N) is 3. The molecule has 8 nitrogen and oxygen atoms in total. The molecule has 1 aromatic heterocycles. The van der Waals surface area contributed by atoms with E-state index in [-0.39, 0.29) is 6.54 Å². The van der Waals surface area contributed by atoms with E-state index >= 15 is 0 Å². The van der Waals surface area contributed by atoms with Crippen molar-refractivity contribution in [3.63, 3.8) is 0 Å². The Hall–Kier alpha value is -3.25. The summed E-state index contributed by atoms with van der Waals surface area (Å²) in [6, 6.07) is 9.78. The van der Waals surface area contributed by atoms with Crippen LogP contribution in [0.1, 0.15) is 21.5 Å². The van der Waals surface area contributed by atoms with Gasteiger partial charge in [-0.05, 0) is 43.4 Å². The minimum Gasteiger partial charge on any atom is -0.388 e. The summed E-state index contributed by atoms with van der Waals surface area (Å²) in [5.74, 6) is 6.15. The normalized spacial score (nSPS) is 15.0. The maximum absolute atomic E-state index is 12.3. The molecule has 0 bridgehead atoms. The highest BCUT2D eigenvalue weighted by Gasteiger charge is 2.19. The molecule has 1 aliphatic rings. The highest BCUT2D eigenvalue weighted by Crippen LogP contribution is 2.13. The molecule has 1 saturated heterocycles. The number of pyridine rings is 1. The molecule has 0 saturated carbocycles. The average Bonchev–Trinajstić information content (AvgIpc) is 2.81. The minimum atomic E-state index is -0.904. The first-order valence-corrected chi connectivity index (χ1v) is 10.2. The molecule has 0 unspecified atom stereocenters. The number of benzene rings is 1. The molecule has 1 aliphatic heterocycles. The van der Waals surface area contributed by atoms with E-state index in [4.69, 9.17) is 10.8 Å². The van der Waals surface area contributed by atoms with Crippen LogP contribution < -0.4 is 16.0 Å². The van der Waals surface area contributed by atoms with Crippen LogP contribution in [0.2, 0.25) is 0 Å². The van der Waals surface area contributed by atoms with Crippen molar-refractivity contribution in [2.24, 2.45) is 5.73 Å². The summed E-state index contributed by atoms with van der Waals surface area (Å²) in [6.07, 6.45) is 1.77. The number of amides is 1. The second-order valence-electron chi connectivity index (χ2n) is 7.41. The zero-order chi connectivity index (χ0) is 22.2. The summed E-state index contributed by atoms with van der Waals surface area (Å²) >= 11 is 0. The van der Waals surface area contributed by atoms with Gasteiger partial charge in [0.1, 0.15) is 18.5 Å². The number of ketones is 1. The molecule has 8 heteroatoms. The molecule has 0 spiro atoms. The predicted octanol–water partition coefficient (Wildman–Crippen LogP) is -0.148. The van der Waals surface area contributed by atoms with Crippen LogP contribution in [0.25, 0.3) is 0 Å². The number of Topliss-reactive ketones (excluding diaryl/α,β-unsaturated/α-hetero) is 1. The zero-order valence-corrected chi connectivity index (χ0v) is 17.5. The number of anilines is 1. The number of hydrogen-bond acceptors (Lipinski definition) is 7. The summed E-state index contributed by atoms with van der Waals surface area (Å²) in [5.41, 5.74) is 7.42. The van der Waals surface area contributed by atoms with E-state index in [1.165, 1.54) is 0 Å². The number of nitrogens with two attached hydrogens (primary N) is 1. The van der Waals surface area contributed by atoms with E-state index in [9.17, 15) is 9.59 Å². The number of carbonyl (C=O) groups is 2. The molecule has 31 heavy (non-hydrogen) atoms. The quantitative estimate of drug-likeness (QED) is 0.556. The van der Waals surface area contributed by atoms with E-state index in [1.807, 2.05) is 12.1 Å². The third-order valence-electron chi connectivity index (χ3n) is 5.16. The number of aliphatic hydroxyl groups is 1. The monoisotopic (exact) mass is 421 g/mol.